The minimum atomic E-state index is 0.409. The van der Waals surface area contributed by atoms with Gasteiger partial charge in [-0.3, -0.25) is 10.2 Å². The van der Waals surface area contributed by atoms with Crippen LogP contribution in [0.2, 0.25) is 0 Å². The standard InChI is InChI=1S/C36H51N7O2S/c1-5-10-33(41-16-18-42(19-17-41)45-26-30-12-8-11-29(21-30)22-35-15-9-20-46-35)25-39(2)28-38-40(3)24-31-23-34(27-44-4)43(36(31)37)32-13-6-7-14-32/h5,8-12,15,20-21,23-25,32,37-38H,6-7,13-14,16-19,22,26-28H2,1-4H3/b10-5-,31-24-,33-25+,37-36?. The first kappa shape index (κ1) is 33.9. The van der Waals surface area contributed by atoms with Gasteiger partial charge in [0.15, 0.2) is 0 Å². The number of ether oxygens (including phenoxy) is 1. The molecule has 0 spiro atoms. The van der Waals surface area contributed by atoms with E-state index in [0.29, 0.717) is 31.8 Å². The molecule has 1 aromatic heterocycles. The molecular formula is C36H51N7O2S. The lowest BCUT2D eigenvalue weighted by molar-refractivity contribution is -0.183. The molecule has 2 aromatic rings. The number of hydrazine groups is 1. The highest BCUT2D eigenvalue weighted by Gasteiger charge is 2.33. The van der Waals surface area contributed by atoms with Crippen molar-refractivity contribution in [1.29, 1.82) is 5.41 Å². The molecule has 0 bridgehead atoms. The van der Waals surface area contributed by atoms with Crippen molar-refractivity contribution in [3.8, 4) is 0 Å². The van der Waals surface area contributed by atoms with Crippen LogP contribution in [0, 0.1) is 5.41 Å². The van der Waals surface area contributed by atoms with Gasteiger partial charge >= 0.3 is 0 Å². The first-order chi connectivity index (χ1) is 22.4. The lowest BCUT2D eigenvalue weighted by Crippen LogP contribution is -2.45. The Morgan fingerprint density at radius 1 is 1.07 bits per heavy atom. The number of thiophene rings is 1. The number of rotatable bonds is 15. The van der Waals surface area contributed by atoms with Crippen molar-refractivity contribution < 1.29 is 9.57 Å². The highest BCUT2D eigenvalue weighted by molar-refractivity contribution is 7.09. The van der Waals surface area contributed by atoms with Crippen LogP contribution in [-0.4, -0.2) is 97.3 Å². The van der Waals surface area contributed by atoms with Gasteiger partial charge in [-0.15, -0.1) is 11.3 Å². The fourth-order valence-corrected chi connectivity index (χ4v) is 7.11. The Morgan fingerprint density at radius 2 is 1.85 bits per heavy atom. The Balaban J connectivity index is 1.09. The van der Waals surface area contributed by atoms with Gasteiger partial charge in [0.2, 0.25) is 0 Å². The summed E-state index contributed by atoms with van der Waals surface area (Å²) >= 11 is 1.81. The van der Waals surface area contributed by atoms with Gasteiger partial charge in [0.25, 0.3) is 0 Å². The highest BCUT2D eigenvalue weighted by atomic mass is 32.1. The smallest absolute Gasteiger partial charge is 0.134 e. The average molecular weight is 646 g/mol. The molecule has 1 saturated carbocycles. The Hall–Kier alpha value is -3.41. The summed E-state index contributed by atoms with van der Waals surface area (Å²) in [5, 5.41) is 15.1. The van der Waals surface area contributed by atoms with Crippen molar-refractivity contribution in [3.63, 3.8) is 0 Å². The normalized spacial score (nSPS) is 19.2. The molecular weight excluding hydrogens is 595 g/mol. The van der Waals surface area contributed by atoms with Crippen molar-refractivity contribution in [3.05, 3.63) is 105 Å². The monoisotopic (exact) mass is 645 g/mol. The number of hydroxylamine groups is 2. The molecule has 3 heterocycles. The van der Waals surface area contributed by atoms with Crippen molar-refractivity contribution in [2.75, 3.05) is 60.7 Å². The number of piperazine rings is 1. The molecule has 0 amide bonds. The zero-order valence-electron chi connectivity index (χ0n) is 28.0. The van der Waals surface area contributed by atoms with Crippen LogP contribution in [0.5, 0.6) is 0 Å². The van der Waals surface area contributed by atoms with Crippen molar-refractivity contribution in [1.82, 2.24) is 30.2 Å². The van der Waals surface area contributed by atoms with E-state index in [4.69, 9.17) is 15.0 Å². The first-order valence-electron chi connectivity index (χ1n) is 16.5. The van der Waals surface area contributed by atoms with E-state index >= 15 is 0 Å². The lowest BCUT2D eigenvalue weighted by atomic mass is 10.1. The largest absolute Gasteiger partial charge is 0.378 e. The van der Waals surface area contributed by atoms with Crippen LogP contribution in [0.15, 0.2) is 89.4 Å². The number of hydrogen-bond acceptors (Lipinski definition) is 9. The molecule has 0 radical (unpaired) electrons. The molecule has 5 rings (SSSR count). The maximum Gasteiger partial charge on any atom is 0.134 e. The molecule has 2 fully saturated rings. The van der Waals surface area contributed by atoms with Crippen LogP contribution in [0.3, 0.4) is 0 Å². The van der Waals surface area contributed by atoms with Crippen molar-refractivity contribution >= 4 is 17.2 Å². The molecule has 248 valence electrons. The summed E-state index contributed by atoms with van der Waals surface area (Å²) in [6.45, 7) is 7.32. The van der Waals surface area contributed by atoms with Gasteiger partial charge < -0.3 is 24.4 Å². The Labute approximate surface area is 279 Å². The van der Waals surface area contributed by atoms with Gasteiger partial charge in [0, 0.05) is 88.4 Å². The van der Waals surface area contributed by atoms with Crippen LogP contribution in [0.4, 0.5) is 0 Å². The minimum Gasteiger partial charge on any atom is -0.378 e. The summed E-state index contributed by atoms with van der Waals surface area (Å²) in [4.78, 5) is 14.4. The van der Waals surface area contributed by atoms with Gasteiger partial charge in [0.1, 0.15) is 5.84 Å². The van der Waals surface area contributed by atoms with E-state index < -0.39 is 0 Å². The second-order valence-electron chi connectivity index (χ2n) is 12.3. The van der Waals surface area contributed by atoms with Gasteiger partial charge in [-0.2, -0.15) is 5.06 Å². The zero-order chi connectivity index (χ0) is 32.3. The second kappa shape index (κ2) is 16.9. The van der Waals surface area contributed by atoms with E-state index in [2.05, 4.69) is 105 Å². The fraction of sp³-hybridized carbons (Fsp3) is 0.472. The molecule has 1 saturated heterocycles. The van der Waals surface area contributed by atoms with Crippen LogP contribution in [-0.2, 0) is 22.6 Å². The summed E-state index contributed by atoms with van der Waals surface area (Å²) in [7, 11) is 5.80. The number of nitrogens with one attached hydrogen (secondary N) is 2. The molecule has 46 heavy (non-hydrogen) atoms. The molecule has 10 heteroatoms. The molecule has 0 atom stereocenters. The van der Waals surface area contributed by atoms with Gasteiger partial charge in [-0.1, -0.05) is 49.2 Å². The van der Waals surface area contributed by atoms with E-state index in [9.17, 15) is 0 Å². The number of nitrogens with zero attached hydrogens (tertiary/aromatic N) is 5. The topological polar surface area (TPSA) is 70.5 Å². The average Bonchev–Trinajstić information content (AvgIpc) is 3.83. The third kappa shape index (κ3) is 9.33. The van der Waals surface area contributed by atoms with E-state index in [0.717, 1.165) is 56.7 Å². The van der Waals surface area contributed by atoms with Crippen LogP contribution in [0.25, 0.3) is 0 Å². The summed E-state index contributed by atoms with van der Waals surface area (Å²) in [6, 6.07) is 13.5. The number of methoxy groups -OCH3 is 1. The van der Waals surface area contributed by atoms with Crippen LogP contribution >= 0.6 is 11.3 Å². The SMILES string of the molecule is C/C=C\C(=C/N(C)CNN(C)/C=C1/C=C(COC)N(C2CCCC2)C1=N)N1CCN(OCc2cccc(Cc3cccs3)c2)CC1. The van der Waals surface area contributed by atoms with Gasteiger partial charge in [-0.05, 0) is 54.5 Å². The predicted molar refractivity (Wildman–Crippen MR) is 188 cm³/mol. The number of amidine groups is 1. The quantitative estimate of drug-likeness (QED) is 0.144. The minimum absolute atomic E-state index is 0.409. The fourth-order valence-electron chi connectivity index (χ4n) is 6.37. The molecule has 0 unspecified atom stereocenters. The van der Waals surface area contributed by atoms with Crippen LogP contribution < -0.4 is 5.43 Å². The van der Waals surface area contributed by atoms with E-state index in [1.165, 1.54) is 34.5 Å². The maximum absolute atomic E-state index is 8.87. The molecule has 3 aliphatic rings. The number of allylic oxidation sites excluding steroid dienone is 2. The van der Waals surface area contributed by atoms with Crippen LogP contribution in [0.1, 0.15) is 48.6 Å². The lowest BCUT2D eigenvalue weighted by Gasteiger charge is -2.36. The number of benzene rings is 1. The second-order valence-corrected chi connectivity index (χ2v) is 13.3. The van der Waals surface area contributed by atoms with E-state index in [1.807, 2.05) is 18.3 Å². The summed E-state index contributed by atoms with van der Waals surface area (Å²) < 4.78 is 5.46. The summed E-state index contributed by atoms with van der Waals surface area (Å²) in [5.74, 6) is 0.571. The van der Waals surface area contributed by atoms with Gasteiger partial charge in [0.05, 0.1) is 25.6 Å². The first-order valence-corrected chi connectivity index (χ1v) is 17.3. The van der Waals surface area contributed by atoms with Gasteiger partial charge in [-0.25, -0.2) is 5.43 Å². The van der Waals surface area contributed by atoms with E-state index in [-0.39, 0.29) is 0 Å². The summed E-state index contributed by atoms with van der Waals surface area (Å²) in [5.41, 5.74) is 9.18. The summed E-state index contributed by atoms with van der Waals surface area (Å²) in [6.07, 6.45) is 16.3. The van der Waals surface area contributed by atoms with Crippen molar-refractivity contribution in [2.24, 2.45) is 0 Å². The Morgan fingerprint density at radius 3 is 2.57 bits per heavy atom. The Kier molecular flexibility index (Phi) is 12.5. The molecule has 1 aliphatic carbocycles. The van der Waals surface area contributed by atoms with Crippen molar-refractivity contribution in [2.45, 2.75) is 51.7 Å². The number of hydrogen-bond donors (Lipinski definition) is 2. The molecule has 2 N–H and O–H groups in total. The zero-order valence-corrected chi connectivity index (χ0v) is 28.8. The maximum atomic E-state index is 8.87. The predicted octanol–water partition coefficient (Wildman–Crippen LogP) is 5.78. The third-order valence-electron chi connectivity index (χ3n) is 8.69. The molecule has 9 nitrogen and oxygen atoms in total. The highest BCUT2D eigenvalue weighted by Crippen LogP contribution is 2.32. The Bertz CT molecular complexity index is 1390. The molecule has 1 aromatic carbocycles. The van der Waals surface area contributed by atoms with E-state index in [1.54, 1.807) is 18.4 Å². The third-order valence-corrected chi connectivity index (χ3v) is 9.56. The molecule has 2 aliphatic heterocycles.